The van der Waals surface area contributed by atoms with Crippen molar-refractivity contribution in [1.82, 2.24) is 5.32 Å². The number of carboxylic acid groups (broad SMARTS) is 1. The Hall–Kier alpha value is -1.36. The van der Waals surface area contributed by atoms with E-state index in [1.807, 2.05) is 19.1 Å². The summed E-state index contributed by atoms with van der Waals surface area (Å²) in [7, 11) is 0. The monoisotopic (exact) mass is 353 g/mol. The fourth-order valence-corrected chi connectivity index (χ4v) is 3.24. The Bertz CT molecular complexity index is 544. The van der Waals surface area contributed by atoms with Crippen LogP contribution in [0.5, 0.6) is 0 Å². The molecule has 2 rings (SSSR count). The van der Waals surface area contributed by atoms with Crippen LogP contribution < -0.4 is 5.32 Å². The van der Waals surface area contributed by atoms with E-state index in [1.54, 1.807) is 6.07 Å². The highest BCUT2D eigenvalue weighted by Crippen LogP contribution is 2.25. The Morgan fingerprint density at radius 3 is 2.67 bits per heavy atom. The van der Waals surface area contributed by atoms with Crippen LogP contribution in [0.15, 0.2) is 22.7 Å². The SMILES string of the molecule is Cc1c(Br)cccc1C(=O)NC1CCCCCC1C(=O)O. The Morgan fingerprint density at radius 2 is 1.95 bits per heavy atom. The maximum absolute atomic E-state index is 12.4. The van der Waals surface area contributed by atoms with Gasteiger partial charge in [-0.2, -0.15) is 0 Å². The first-order valence-electron chi connectivity index (χ1n) is 7.29. The quantitative estimate of drug-likeness (QED) is 0.817. The van der Waals surface area contributed by atoms with E-state index in [0.717, 1.165) is 35.7 Å². The highest BCUT2D eigenvalue weighted by Gasteiger charge is 2.31. The van der Waals surface area contributed by atoms with Gasteiger partial charge >= 0.3 is 5.97 Å². The van der Waals surface area contributed by atoms with Gasteiger partial charge in [-0.1, -0.05) is 41.3 Å². The molecule has 0 radical (unpaired) electrons. The predicted octanol–water partition coefficient (Wildman–Crippen LogP) is 3.52. The van der Waals surface area contributed by atoms with E-state index in [2.05, 4.69) is 21.2 Å². The molecule has 0 aliphatic heterocycles. The molecule has 0 aromatic heterocycles. The van der Waals surface area contributed by atoms with E-state index < -0.39 is 11.9 Å². The minimum atomic E-state index is -0.812. The van der Waals surface area contributed by atoms with Crippen molar-refractivity contribution in [3.05, 3.63) is 33.8 Å². The highest BCUT2D eigenvalue weighted by atomic mass is 79.9. The van der Waals surface area contributed by atoms with Crippen LogP contribution in [0.2, 0.25) is 0 Å². The molecular formula is C16H20BrNO3. The van der Waals surface area contributed by atoms with Crippen molar-refractivity contribution in [2.24, 2.45) is 5.92 Å². The lowest BCUT2D eigenvalue weighted by molar-refractivity contribution is -0.142. The summed E-state index contributed by atoms with van der Waals surface area (Å²) in [6, 6.07) is 5.18. The van der Waals surface area contributed by atoms with Crippen LogP contribution >= 0.6 is 15.9 Å². The number of benzene rings is 1. The lowest BCUT2D eigenvalue weighted by Crippen LogP contribution is -2.43. The number of hydrogen-bond acceptors (Lipinski definition) is 2. The molecule has 1 aromatic rings. The third-order valence-corrected chi connectivity index (χ3v) is 5.02. The third kappa shape index (κ3) is 3.84. The van der Waals surface area contributed by atoms with Crippen LogP contribution in [0.25, 0.3) is 0 Å². The van der Waals surface area contributed by atoms with Crippen LogP contribution in [0, 0.1) is 12.8 Å². The van der Waals surface area contributed by atoms with Gasteiger partial charge in [0.25, 0.3) is 5.91 Å². The zero-order chi connectivity index (χ0) is 15.4. The van der Waals surface area contributed by atoms with Crippen LogP contribution in [0.1, 0.15) is 48.0 Å². The molecule has 0 spiro atoms. The number of hydrogen-bond donors (Lipinski definition) is 2. The first-order valence-corrected chi connectivity index (χ1v) is 8.09. The van der Waals surface area contributed by atoms with Crippen molar-refractivity contribution in [2.75, 3.05) is 0 Å². The molecule has 114 valence electrons. The zero-order valence-electron chi connectivity index (χ0n) is 12.1. The number of halogens is 1. The summed E-state index contributed by atoms with van der Waals surface area (Å²) in [6.07, 6.45) is 4.28. The molecule has 2 N–H and O–H groups in total. The molecule has 4 nitrogen and oxygen atoms in total. The molecule has 0 heterocycles. The average Bonchev–Trinajstić information content (AvgIpc) is 2.67. The highest BCUT2D eigenvalue weighted by molar-refractivity contribution is 9.10. The van der Waals surface area contributed by atoms with Gasteiger partial charge in [0, 0.05) is 16.1 Å². The number of carboxylic acids is 1. The summed E-state index contributed by atoms with van der Waals surface area (Å²) in [5.41, 5.74) is 1.47. The second-order valence-electron chi connectivity index (χ2n) is 5.58. The molecule has 1 aliphatic carbocycles. The molecule has 1 aliphatic rings. The second-order valence-corrected chi connectivity index (χ2v) is 6.43. The molecule has 1 fully saturated rings. The van der Waals surface area contributed by atoms with Gasteiger partial charge in [0.2, 0.25) is 0 Å². The molecule has 0 bridgehead atoms. The smallest absolute Gasteiger partial charge is 0.308 e. The Balaban J connectivity index is 2.16. The van der Waals surface area contributed by atoms with Crippen molar-refractivity contribution in [3.63, 3.8) is 0 Å². The van der Waals surface area contributed by atoms with Crippen molar-refractivity contribution in [1.29, 1.82) is 0 Å². The number of carbonyl (C=O) groups excluding carboxylic acids is 1. The second kappa shape index (κ2) is 7.07. The Morgan fingerprint density at radius 1 is 1.24 bits per heavy atom. The van der Waals surface area contributed by atoms with Crippen LogP contribution in [0.4, 0.5) is 0 Å². The van der Waals surface area contributed by atoms with Crippen molar-refractivity contribution in [2.45, 2.75) is 45.1 Å². The van der Waals surface area contributed by atoms with Gasteiger partial charge in [0.1, 0.15) is 0 Å². The fraction of sp³-hybridized carbons (Fsp3) is 0.500. The Labute approximate surface area is 133 Å². The van der Waals surface area contributed by atoms with E-state index in [0.29, 0.717) is 12.0 Å². The molecule has 5 heteroatoms. The number of nitrogens with one attached hydrogen (secondary N) is 1. The van der Waals surface area contributed by atoms with E-state index >= 15 is 0 Å². The first-order chi connectivity index (χ1) is 10.0. The number of carbonyl (C=O) groups is 2. The number of aliphatic carboxylic acids is 1. The van der Waals surface area contributed by atoms with Crippen LogP contribution in [-0.4, -0.2) is 23.0 Å². The summed E-state index contributed by atoms with van der Waals surface area (Å²) in [6.45, 7) is 1.88. The van der Waals surface area contributed by atoms with Gasteiger partial charge in [-0.15, -0.1) is 0 Å². The van der Waals surface area contributed by atoms with Crippen LogP contribution in [-0.2, 0) is 4.79 Å². The first kappa shape index (κ1) is 16.0. The third-order valence-electron chi connectivity index (χ3n) is 4.16. The van der Waals surface area contributed by atoms with E-state index in [9.17, 15) is 14.7 Å². The Kier molecular flexibility index (Phi) is 5.39. The lowest BCUT2D eigenvalue weighted by Gasteiger charge is -2.23. The minimum absolute atomic E-state index is 0.188. The van der Waals surface area contributed by atoms with E-state index in [-0.39, 0.29) is 11.9 Å². The van der Waals surface area contributed by atoms with Gasteiger partial charge < -0.3 is 10.4 Å². The molecule has 1 amide bonds. The summed E-state index contributed by atoms with van der Waals surface area (Å²) >= 11 is 3.41. The standard InChI is InChI=1S/C16H20BrNO3/c1-10-11(7-5-8-13(10)17)15(19)18-14-9-4-2-3-6-12(14)16(20)21/h5,7-8,12,14H,2-4,6,9H2,1H3,(H,18,19)(H,20,21). The molecule has 1 aromatic carbocycles. The van der Waals surface area contributed by atoms with Crippen molar-refractivity contribution in [3.8, 4) is 0 Å². The molecular weight excluding hydrogens is 334 g/mol. The van der Waals surface area contributed by atoms with Gasteiger partial charge in [0.15, 0.2) is 0 Å². The maximum atomic E-state index is 12.4. The van der Waals surface area contributed by atoms with E-state index in [1.165, 1.54) is 0 Å². The molecule has 0 saturated heterocycles. The van der Waals surface area contributed by atoms with Crippen LogP contribution in [0.3, 0.4) is 0 Å². The van der Waals surface area contributed by atoms with Gasteiger partial charge in [-0.05, 0) is 37.5 Å². The summed E-state index contributed by atoms with van der Waals surface area (Å²) in [4.78, 5) is 23.8. The largest absolute Gasteiger partial charge is 0.481 e. The molecule has 21 heavy (non-hydrogen) atoms. The van der Waals surface area contributed by atoms with E-state index in [4.69, 9.17) is 0 Å². The molecule has 2 atom stereocenters. The normalized spacial score (nSPS) is 22.4. The molecule has 2 unspecified atom stereocenters. The summed E-state index contributed by atoms with van der Waals surface area (Å²) < 4.78 is 0.880. The van der Waals surface area contributed by atoms with Gasteiger partial charge in [0.05, 0.1) is 5.92 Å². The lowest BCUT2D eigenvalue weighted by atomic mass is 9.94. The number of amides is 1. The zero-order valence-corrected chi connectivity index (χ0v) is 13.6. The van der Waals surface area contributed by atoms with Gasteiger partial charge in [-0.25, -0.2) is 0 Å². The summed E-state index contributed by atoms with van der Waals surface area (Å²) in [5, 5.41) is 12.3. The molecule has 1 saturated carbocycles. The average molecular weight is 354 g/mol. The van der Waals surface area contributed by atoms with Gasteiger partial charge in [-0.3, -0.25) is 9.59 Å². The predicted molar refractivity (Wildman–Crippen MR) is 84.3 cm³/mol. The van der Waals surface area contributed by atoms with Crippen molar-refractivity contribution < 1.29 is 14.7 Å². The fourth-order valence-electron chi connectivity index (χ4n) is 2.88. The minimum Gasteiger partial charge on any atom is -0.481 e. The van der Waals surface area contributed by atoms with Crippen molar-refractivity contribution >= 4 is 27.8 Å². The summed E-state index contributed by atoms with van der Waals surface area (Å²) in [5.74, 6) is -1.48. The maximum Gasteiger partial charge on any atom is 0.308 e. The topological polar surface area (TPSA) is 66.4 Å². The number of rotatable bonds is 3.